The Balaban J connectivity index is 2.20. The largest absolute Gasteiger partial charge is 0.431 e. The second-order valence-corrected chi connectivity index (χ2v) is 3.10. The fourth-order valence-corrected chi connectivity index (χ4v) is 1.23. The highest BCUT2D eigenvalue weighted by Crippen LogP contribution is 2.19. The first kappa shape index (κ1) is 10.2. The smallest absolute Gasteiger partial charge is 0.302 e. The summed E-state index contributed by atoms with van der Waals surface area (Å²) in [6.07, 6.45) is 2.65. The van der Waals surface area contributed by atoms with E-state index >= 15 is 0 Å². The Morgan fingerprint density at radius 3 is 2.81 bits per heavy atom. The summed E-state index contributed by atoms with van der Waals surface area (Å²) in [6, 6.07) is 9.74. The van der Waals surface area contributed by atoms with Crippen LogP contribution in [0, 0.1) is 0 Å². The molecule has 0 radical (unpaired) electrons. The SMILES string of the molecule is C=CC(=O)Nc1nc(-c2ccccc2)co1. The quantitative estimate of drug-likeness (QED) is 0.798. The molecule has 0 bridgehead atoms. The lowest BCUT2D eigenvalue weighted by atomic mass is 10.2. The maximum Gasteiger partial charge on any atom is 0.302 e. The van der Waals surface area contributed by atoms with Gasteiger partial charge in [-0.05, 0) is 6.08 Å². The van der Waals surface area contributed by atoms with Gasteiger partial charge in [-0.1, -0.05) is 36.9 Å². The van der Waals surface area contributed by atoms with E-state index in [0.29, 0.717) is 5.69 Å². The minimum absolute atomic E-state index is 0.170. The highest BCUT2D eigenvalue weighted by Gasteiger charge is 2.06. The summed E-state index contributed by atoms with van der Waals surface area (Å²) in [5.74, 6) is -0.346. The van der Waals surface area contributed by atoms with E-state index in [2.05, 4.69) is 16.9 Å². The number of nitrogens with zero attached hydrogens (tertiary/aromatic N) is 1. The Morgan fingerprint density at radius 2 is 2.12 bits per heavy atom. The lowest BCUT2D eigenvalue weighted by Crippen LogP contribution is -2.07. The molecule has 4 heteroatoms. The predicted octanol–water partition coefficient (Wildman–Crippen LogP) is 2.47. The Hall–Kier alpha value is -2.36. The molecular formula is C12H10N2O2. The van der Waals surface area contributed by atoms with Crippen LogP contribution < -0.4 is 5.32 Å². The molecule has 0 aliphatic carbocycles. The Bertz CT molecular complexity index is 503. The molecule has 0 fully saturated rings. The fraction of sp³-hybridized carbons (Fsp3) is 0. The third-order valence-electron chi connectivity index (χ3n) is 1.99. The number of oxazole rings is 1. The molecule has 1 aromatic heterocycles. The molecule has 0 saturated heterocycles. The molecule has 2 aromatic rings. The maximum absolute atomic E-state index is 11.0. The minimum atomic E-state index is -0.346. The second-order valence-electron chi connectivity index (χ2n) is 3.10. The number of amides is 1. The van der Waals surface area contributed by atoms with E-state index in [1.54, 1.807) is 0 Å². The average Bonchev–Trinajstić information content (AvgIpc) is 2.78. The van der Waals surface area contributed by atoms with Gasteiger partial charge in [0.15, 0.2) is 0 Å². The first-order chi connectivity index (χ1) is 7.79. The Kier molecular flexibility index (Phi) is 2.82. The molecule has 0 unspecified atom stereocenters. The van der Waals surface area contributed by atoms with Crippen LogP contribution in [0.25, 0.3) is 11.3 Å². The molecule has 0 spiro atoms. The number of aromatic nitrogens is 1. The standard InChI is InChI=1S/C12H10N2O2/c1-2-11(15)14-12-13-10(8-16-12)9-6-4-3-5-7-9/h2-8H,1H2,(H,13,14,15). The van der Waals surface area contributed by atoms with Gasteiger partial charge in [-0.15, -0.1) is 0 Å². The van der Waals surface area contributed by atoms with Gasteiger partial charge in [0, 0.05) is 5.56 Å². The summed E-state index contributed by atoms with van der Waals surface area (Å²) < 4.78 is 5.10. The van der Waals surface area contributed by atoms with Gasteiger partial charge in [0.25, 0.3) is 5.91 Å². The van der Waals surface area contributed by atoms with Gasteiger partial charge in [0.1, 0.15) is 12.0 Å². The fourth-order valence-electron chi connectivity index (χ4n) is 1.23. The van der Waals surface area contributed by atoms with Crippen LogP contribution >= 0.6 is 0 Å². The summed E-state index contributed by atoms with van der Waals surface area (Å²) in [7, 11) is 0. The van der Waals surface area contributed by atoms with Crippen molar-refractivity contribution in [2.24, 2.45) is 0 Å². The van der Waals surface area contributed by atoms with Gasteiger partial charge in [-0.2, -0.15) is 4.98 Å². The molecular weight excluding hydrogens is 204 g/mol. The lowest BCUT2D eigenvalue weighted by molar-refractivity contribution is -0.112. The van der Waals surface area contributed by atoms with E-state index < -0.39 is 0 Å². The molecule has 0 atom stereocenters. The summed E-state index contributed by atoms with van der Waals surface area (Å²) >= 11 is 0. The molecule has 4 nitrogen and oxygen atoms in total. The molecule has 0 saturated carbocycles. The van der Waals surface area contributed by atoms with Crippen LogP contribution in [0.1, 0.15) is 0 Å². The van der Waals surface area contributed by atoms with E-state index in [1.165, 1.54) is 6.26 Å². The number of hydrogen-bond acceptors (Lipinski definition) is 3. The van der Waals surface area contributed by atoms with Crippen LogP contribution in [0.15, 0.2) is 53.7 Å². The number of hydrogen-bond donors (Lipinski definition) is 1. The minimum Gasteiger partial charge on any atom is -0.431 e. The average molecular weight is 214 g/mol. The van der Waals surface area contributed by atoms with Gasteiger partial charge in [0.2, 0.25) is 0 Å². The first-order valence-electron chi connectivity index (χ1n) is 4.74. The predicted molar refractivity (Wildman–Crippen MR) is 60.8 cm³/mol. The van der Waals surface area contributed by atoms with E-state index in [-0.39, 0.29) is 11.9 Å². The number of carbonyl (C=O) groups is 1. The molecule has 0 aliphatic heterocycles. The zero-order valence-electron chi connectivity index (χ0n) is 8.51. The monoisotopic (exact) mass is 214 g/mol. The number of anilines is 1. The number of nitrogens with one attached hydrogen (secondary N) is 1. The summed E-state index contributed by atoms with van der Waals surface area (Å²) in [6.45, 7) is 3.34. The van der Waals surface area contributed by atoms with Crippen molar-refractivity contribution in [2.75, 3.05) is 5.32 Å². The van der Waals surface area contributed by atoms with Crippen LogP contribution in [0.3, 0.4) is 0 Å². The third-order valence-corrected chi connectivity index (χ3v) is 1.99. The van der Waals surface area contributed by atoms with Crippen molar-refractivity contribution in [1.82, 2.24) is 4.98 Å². The molecule has 1 N–H and O–H groups in total. The normalized spacial score (nSPS) is 9.75. The highest BCUT2D eigenvalue weighted by atomic mass is 16.4. The van der Waals surface area contributed by atoms with Crippen molar-refractivity contribution in [3.8, 4) is 11.3 Å². The van der Waals surface area contributed by atoms with Crippen LogP contribution in [0.5, 0.6) is 0 Å². The molecule has 1 heterocycles. The number of benzene rings is 1. The number of carbonyl (C=O) groups excluding carboxylic acids is 1. The summed E-state index contributed by atoms with van der Waals surface area (Å²) in [4.78, 5) is 15.1. The van der Waals surface area contributed by atoms with Crippen molar-refractivity contribution in [2.45, 2.75) is 0 Å². The second kappa shape index (κ2) is 4.44. The van der Waals surface area contributed by atoms with Crippen LogP contribution in [-0.4, -0.2) is 10.9 Å². The molecule has 2 rings (SSSR count). The molecule has 1 aromatic carbocycles. The topological polar surface area (TPSA) is 55.1 Å². The Labute approximate surface area is 92.6 Å². The van der Waals surface area contributed by atoms with Crippen LogP contribution in [0.2, 0.25) is 0 Å². The molecule has 0 aliphatic rings. The highest BCUT2D eigenvalue weighted by molar-refractivity contribution is 5.97. The Morgan fingerprint density at radius 1 is 1.38 bits per heavy atom. The van der Waals surface area contributed by atoms with Crippen molar-refractivity contribution >= 4 is 11.9 Å². The third kappa shape index (κ3) is 2.17. The van der Waals surface area contributed by atoms with Gasteiger partial charge in [-0.25, -0.2) is 0 Å². The van der Waals surface area contributed by atoms with E-state index in [9.17, 15) is 4.79 Å². The molecule has 16 heavy (non-hydrogen) atoms. The zero-order chi connectivity index (χ0) is 11.4. The lowest BCUT2D eigenvalue weighted by Gasteiger charge is -1.93. The van der Waals surface area contributed by atoms with E-state index in [1.807, 2.05) is 30.3 Å². The number of rotatable bonds is 3. The summed E-state index contributed by atoms with van der Waals surface area (Å²) in [5.41, 5.74) is 1.62. The van der Waals surface area contributed by atoms with Crippen LogP contribution in [0.4, 0.5) is 6.01 Å². The van der Waals surface area contributed by atoms with Crippen molar-refractivity contribution in [1.29, 1.82) is 0 Å². The van der Waals surface area contributed by atoms with Gasteiger partial charge < -0.3 is 4.42 Å². The molecule has 80 valence electrons. The van der Waals surface area contributed by atoms with Crippen molar-refractivity contribution < 1.29 is 9.21 Å². The first-order valence-corrected chi connectivity index (χ1v) is 4.74. The van der Waals surface area contributed by atoms with Gasteiger partial charge in [-0.3, -0.25) is 10.1 Å². The molecule has 1 amide bonds. The van der Waals surface area contributed by atoms with Crippen LogP contribution in [-0.2, 0) is 4.79 Å². The van der Waals surface area contributed by atoms with Crippen molar-refractivity contribution in [3.63, 3.8) is 0 Å². The van der Waals surface area contributed by atoms with E-state index in [4.69, 9.17) is 4.42 Å². The van der Waals surface area contributed by atoms with E-state index in [0.717, 1.165) is 11.6 Å². The van der Waals surface area contributed by atoms with Crippen molar-refractivity contribution in [3.05, 3.63) is 49.2 Å². The van der Waals surface area contributed by atoms with Gasteiger partial charge in [0.05, 0.1) is 0 Å². The zero-order valence-corrected chi connectivity index (χ0v) is 8.51. The summed E-state index contributed by atoms with van der Waals surface area (Å²) in [5, 5.41) is 2.45. The van der Waals surface area contributed by atoms with Gasteiger partial charge >= 0.3 is 6.01 Å². The maximum atomic E-state index is 11.0.